The standard InChI is InChI=1S/C23H23ClN4OS2/c1-13(19-11-30-14(2)27-19)28-12-26-22-21(23(28)29)18-7-6-17(9-20(18)31-22)25-10-15-4-3-5-16(24)8-15/h3-5,8,11-13,17,25H,6-7,9-10H2,1-2H3/t13-,17+/m0/s1. The molecule has 1 aliphatic carbocycles. The van der Waals surface area contributed by atoms with Crippen LogP contribution >= 0.6 is 34.3 Å². The van der Waals surface area contributed by atoms with Gasteiger partial charge in [0.15, 0.2) is 0 Å². The molecule has 1 aliphatic rings. The Bertz CT molecular complexity index is 1310. The molecule has 5 rings (SSSR count). The fourth-order valence-corrected chi connectivity index (χ4v) is 6.42. The number of nitrogens with one attached hydrogen (secondary N) is 1. The van der Waals surface area contributed by atoms with Crippen LogP contribution in [-0.4, -0.2) is 20.6 Å². The summed E-state index contributed by atoms with van der Waals surface area (Å²) < 4.78 is 1.73. The first-order valence-corrected chi connectivity index (χ1v) is 12.5. The van der Waals surface area contributed by atoms with Crippen LogP contribution in [0.3, 0.4) is 0 Å². The Morgan fingerprint density at radius 1 is 1.39 bits per heavy atom. The van der Waals surface area contributed by atoms with Crippen molar-refractivity contribution in [2.45, 2.75) is 51.7 Å². The van der Waals surface area contributed by atoms with E-state index >= 15 is 0 Å². The summed E-state index contributed by atoms with van der Waals surface area (Å²) in [6.45, 7) is 4.79. The second-order valence-corrected chi connectivity index (χ2v) is 10.6. The van der Waals surface area contributed by atoms with E-state index in [2.05, 4.69) is 21.4 Å². The molecular formula is C23H23ClN4OS2. The number of benzene rings is 1. The van der Waals surface area contributed by atoms with Crippen LogP contribution < -0.4 is 10.9 Å². The molecule has 0 aliphatic heterocycles. The first-order valence-electron chi connectivity index (χ1n) is 10.4. The van der Waals surface area contributed by atoms with E-state index in [4.69, 9.17) is 11.6 Å². The van der Waals surface area contributed by atoms with Gasteiger partial charge in [0.2, 0.25) is 0 Å². The summed E-state index contributed by atoms with van der Waals surface area (Å²) >= 11 is 9.37. The van der Waals surface area contributed by atoms with Crippen LogP contribution in [-0.2, 0) is 19.4 Å². The number of hydrogen-bond donors (Lipinski definition) is 1. The van der Waals surface area contributed by atoms with Gasteiger partial charge in [-0.15, -0.1) is 22.7 Å². The van der Waals surface area contributed by atoms with Crippen LogP contribution in [0, 0.1) is 6.92 Å². The highest BCUT2D eigenvalue weighted by atomic mass is 35.5. The maximum absolute atomic E-state index is 13.4. The van der Waals surface area contributed by atoms with Crippen molar-refractivity contribution >= 4 is 44.5 Å². The molecule has 0 saturated heterocycles. The van der Waals surface area contributed by atoms with Crippen LogP contribution in [0.15, 0.2) is 40.8 Å². The number of hydrogen-bond acceptors (Lipinski definition) is 6. The average Bonchev–Trinajstić information content (AvgIpc) is 3.35. The molecule has 5 nitrogen and oxygen atoms in total. The van der Waals surface area contributed by atoms with Crippen molar-refractivity contribution in [2.75, 3.05) is 0 Å². The van der Waals surface area contributed by atoms with Gasteiger partial charge in [-0.25, -0.2) is 9.97 Å². The summed E-state index contributed by atoms with van der Waals surface area (Å²) in [7, 11) is 0. The largest absolute Gasteiger partial charge is 0.310 e. The fourth-order valence-electron chi connectivity index (χ4n) is 4.25. The Labute approximate surface area is 193 Å². The van der Waals surface area contributed by atoms with Crippen LogP contribution in [0.1, 0.15) is 46.1 Å². The van der Waals surface area contributed by atoms with Gasteiger partial charge in [-0.3, -0.25) is 9.36 Å². The van der Waals surface area contributed by atoms with Crippen molar-refractivity contribution in [3.8, 4) is 0 Å². The number of aryl methyl sites for hydroxylation is 2. The molecule has 8 heteroatoms. The molecule has 3 aromatic heterocycles. The van der Waals surface area contributed by atoms with Gasteiger partial charge in [-0.05, 0) is 56.4 Å². The van der Waals surface area contributed by atoms with Crippen molar-refractivity contribution < 1.29 is 0 Å². The lowest BCUT2D eigenvalue weighted by molar-refractivity contribution is 0.462. The number of fused-ring (bicyclic) bond motifs is 3. The third-order valence-electron chi connectivity index (χ3n) is 5.96. The van der Waals surface area contributed by atoms with E-state index in [0.717, 1.165) is 51.7 Å². The second kappa shape index (κ2) is 8.47. The average molecular weight is 471 g/mol. The monoisotopic (exact) mass is 470 g/mol. The molecule has 0 unspecified atom stereocenters. The highest BCUT2D eigenvalue weighted by molar-refractivity contribution is 7.18. The zero-order valence-corrected chi connectivity index (χ0v) is 19.8. The lowest BCUT2D eigenvalue weighted by atomic mass is 9.93. The van der Waals surface area contributed by atoms with Crippen LogP contribution in [0.25, 0.3) is 10.2 Å². The summed E-state index contributed by atoms with van der Waals surface area (Å²) in [5.41, 5.74) is 3.34. The van der Waals surface area contributed by atoms with E-state index in [-0.39, 0.29) is 11.6 Å². The van der Waals surface area contributed by atoms with E-state index in [9.17, 15) is 4.79 Å². The molecule has 1 N–H and O–H groups in total. The number of rotatable bonds is 5. The van der Waals surface area contributed by atoms with Gasteiger partial charge in [0, 0.05) is 27.9 Å². The third-order valence-corrected chi connectivity index (χ3v) is 8.15. The number of thiophene rings is 1. The van der Waals surface area contributed by atoms with E-state index in [1.807, 2.05) is 37.4 Å². The lowest BCUT2D eigenvalue weighted by Gasteiger charge is -2.23. The smallest absolute Gasteiger partial charge is 0.262 e. The Hall–Kier alpha value is -2.06. The van der Waals surface area contributed by atoms with E-state index in [0.29, 0.717) is 6.04 Å². The summed E-state index contributed by atoms with van der Waals surface area (Å²) in [5.74, 6) is 0. The molecule has 0 amide bonds. The van der Waals surface area contributed by atoms with Crippen LogP contribution in [0.2, 0.25) is 5.02 Å². The van der Waals surface area contributed by atoms with Gasteiger partial charge in [-0.2, -0.15) is 0 Å². The number of aromatic nitrogens is 3. The minimum absolute atomic E-state index is 0.0472. The predicted octanol–water partition coefficient (Wildman–Crippen LogP) is 5.13. The van der Waals surface area contributed by atoms with Gasteiger partial charge >= 0.3 is 0 Å². The van der Waals surface area contributed by atoms with Crippen LogP contribution in [0.4, 0.5) is 0 Å². The van der Waals surface area contributed by atoms with Gasteiger partial charge in [-0.1, -0.05) is 23.7 Å². The van der Waals surface area contributed by atoms with E-state index in [1.54, 1.807) is 33.6 Å². The van der Waals surface area contributed by atoms with Crippen molar-refractivity contribution in [3.05, 3.63) is 78.1 Å². The Morgan fingerprint density at radius 2 is 2.26 bits per heavy atom. The highest BCUT2D eigenvalue weighted by Crippen LogP contribution is 2.34. The van der Waals surface area contributed by atoms with Gasteiger partial charge in [0.05, 0.1) is 28.5 Å². The molecule has 31 heavy (non-hydrogen) atoms. The molecule has 0 spiro atoms. The fraction of sp³-hybridized carbons (Fsp3) is 0.348. The van der Waals surface area contributed by atoms with Gasteiger partial charge in [0.25, 0.3) is 5.56 Å². The first kappa shape index (κ1) is 20.8. The second-order valence-electron chi connectivity index (χ2n) is 8.06. The van der Waals surface area contributed by atoms with Gasteiger partial charge in [0.1, 0.15) is 4.83 Å². The molecule has 160 valence electrons. The quantitative estimate of drug-likeness (QED) is 0.439. The summed E-state index contributed by atoms with van der Waals surface area (Å²) in [4.78, 5) is 24.7. The van der Waals surface area contributed by atoms with Crippen molar-refractivity contribution in [1.29, 1.82) is 0 Å². The molecule has 0 saturated carbocycles. The number of thiazole rings is 1. The van der Waals surface area contributed by atoms with E-state index in [1.165, 1.54) is 16.0 Å². The SMILES string of the molecule is Cc1nc([C@H](C)n2cnc3sc4c(c3c2=O)CC[C@@H](NCc2cccc(Cl)c2)C4)cs1. The molecule has 1 aromatic carbocycles. The van der Waals surface area contributed by atoms with Gasteiger partial charge < -0.3 is 5.32 Å². The molecule has 0 radical (unpaired) electrons. The highest BCUT2D eigenvalue weighted by Gasteiger charge is 2.26. The first-order chi connectivity index (χ1) is 15.0. The maximum atomic E-state index is 13.4. The summed E-state index contributed by atoms with van der Waals surface area (Å²) in [5, 5.41) is 8.25. The molecule has 0 bridgehead atoms. The number of halogens is 1. The minimum atomic E-state index is -0.124. The summed E-state index contributed by atoms with van der Waals surface area (Å²) in [6, 6.07) is 8.23. The maximum Gasteiger partial charge on any atom is 0.262 e. The van der Waals surface area contributed by atoms with Crippen molar-refractivity contribution in [1.82, 2.24) is 19.9 Å². The van der Waals surface area contributed by atoms with Crippen LogP contribution in [0.5, 0.6) is 0 Å². The van der Waals surface area contributed by atoms with E-state index < -0.39 is 0 Å². The Balaban J connectivity index is 1.39. The zero-order chi connectivity index (χ0) is 21.5. The lowest BCUT2D eigenvalue weighted by Crippen LogP contribution is -2.34. The molecule has 4 aromatic rings. The Morgan fingerprint density at radius 3 is 3.03 bits per heavy atom. The molecule has 3 heterocycles. The summed E-state index contributed by atoms with van der Waals surface area (Å²) in [6.07, 6.45) is 4.51. The van der Waals surface area contributed by atoms with Crippen molar-refractivity contribution in [3.63, 3.8) is 0 Å². The van der Waals surface area contributed by atoms with Crippen molar-refractivity contribution in [2.24, 2.45) is 0 Å². The molecule has 0 fully saturated rings. The topological polar surface area (TPSA) is 59.8 Å². The third kappa shape index (κ3) is 4.07. The molecule has 2 atom stereocenters. The predicted molar refractivity (Wildman–Crippen MR) is 129 cm³/mol. The minimum Gasteiger partial charge on any atom is -0.310 e. The normalized spacial score (nSPS) is 17.1. The number of nitrogens with zero attached hydrogens (tertiary/aromatic N) is 3. The molecular weight excluding hydrogens is 448 g/mol. The zero-order valence-electron chi connectivity index (χ0n) is 17.4. The Kier molecular flexibility index (Phi) is 5.69.